The highest BCUT2D eigenvalue weighted by Gasteiger charge is 2.27. The van der Waals surface area contributed by atoms with Gasteiger partial charge in [-0.3, -0.25) is 0 Å². The summed E-state index contributed by atoms with van der Waals surface area (Å²) in [6.07, 6.45) is 6.83. The first-order valence-electron chi connectivity index (χ1n) is 4.29. The molecule has 0 bridgehead atoms. The second-order valence-corrected chi connectivity index (χ2v) is 3.90. The van der Waals surface area contributed by atoms with E-state index in [1.165, 1.54) is 0 Å². The third kappa shape index (κ3) is 2.84. The highest BCUT2D eigenvalue weighted by molar-refractivity contribution is 4.93. The van der Waals surface area contributed by atoms with Gasteiger partial charge in [-0.1, -0.05) is 0 Å². The van der Waals surface area contributed by atoms with Crippen LogP contribution in [0.15, 0.2) is 0 Å². The number of hydrogen-bond acceptors (Lipinski definition) is 2. The van der Waals surface area contributed by atoms with Gasteiger partial charge in [0.05, 0.1) is 0 Å². The van der Waals surface area contributed by atoms with Crippen molar-refractivity contribution in [3.05, 3.63) is 0 Å². The maximum atomic E-state index is 6.00. The fourth-order valence-electron chi connectivity index (χ4n) is 0.924. The SMILES string of the molecule is C#CCCC(N)C(C)(C)N(C)C. The van der Waals surface area contributed by atoms with Crippen molar-refractivity contribution in [1.82, 2.24) is 4.90 Å². The Morgan fingerprint density at radius 1 is 1.50 bits per heavy atom. The van der Waals surface area contributed by atoms with Crippen LogP contribution in [0.5, 0.6) is 0 Å². The van der Waals surface area contributed by atoms with Crippen LogP contribution in [0, 0.1) is 12.3 Å². The minimum absolute atomic E-state index is 0.0247. The van der Waals surface area contributed by atoms with Crippen LogP contribution in [-0.4, -0.2) is 30.6 Å². The fraction of sp³-hybridized carbons (Fsp3) is 0.800. The molecule has 70 valence electrons. The standard InChI is InChI=1S/C10H20N2/c1-6-7-8-9(11)10(2,3)12(4)5/h1,9H,7-8,11H2,2-5H3. The minimum Gasteiger partial charge on any atom is -0.326 e. The molecule has 0 fully saturated rings. The summed E-state index contributed by atoms with van der Waals surface area (Å²) in [4.78, 5) is 2.13. The van der Waals surface area contributed by atoms with Gasteiger partial charge in [-0.2, -0.15) is 0 Å². The molecule has 2 heteroatoms. The van der Waals surface area contributed by atoms with Crippen LogP contribution in [0.25, 0.3) is 0 Å². The average Bonchev–Trinajstić information content (AvgIpc) is 1.99. The molecule has 0 saturated heterocycles. The van der Waals surface area contributed by atoms with Crippen LogP contribution in [0.4, 0.5) is 0 Å². The molecule has 0 aliphatic heterocycles. The van der Waals surface area contributed by atoms with Gasteiger partial charge in [0.15, 0.2) is 0 Å². The maximum Gasteiger partial charge on any atom is 0.0298 e. The third-order valence-electron chi connectivity index (χ3n) is 2.66. The monoisotopic (exact) mass is 168 g/mol. The van der Waals surface area contributed by atoms with E-state index in [4.69, 9.17) is 12.2 Å². The molecule has 0 aliphatic rings. The van der Waals surface area contributed by atoms with Crippen molar-refractivity contribution in [3.8, 4) is 12.3 Å². The number of hydrogen-bond donors (Lipinski definition) is 1. The van der Waals surface area contributed by atoms with Crippen LogP contribution < -0.4 is 5.73 Å². The summed E-state index contributed by atoms with van der Waals surface area (Å²) in [6.45, 7) is 4.27. The molecule has 0 aromatic rings. The molecule has 1 atom stereocenters. The summed E-state index contributed by atoms with van der Waals surface area (Å²) in [6, 6.07) is 0.142. The minimum atomic E-state index is 0.0247. The number of terminal acetylenes is 1. The Bertz CT molecular complexity index is 165. The van der Waals surface area contributed by atoms with E-state index in [0.29, 0.717) is 0 Å². The van der Waals surface area contributed by atoms with E-state index in [1.807, 2.05) is 14.1 Å². The Balaban J connectivity index is 4.08. The predicted octanol–water partition coefficient (Wildman–Crippen LogP) is 1.07. The molecule has 0 rings (SSSR count). The Labute approximate surface area is 76.1 Å². The molecule has 0 saturated carbocycles. The molecule has 2 N–H and O–H groups in total. The normalized spacial score (nSPS) is 14.4. The molecule has 0 aliphatic carbocycles. The molecular weight excluding hydrogens is 148 g/mol. The molecule has 1 unspecified atom stereocenters. The first kappa shape index (κ1) is 11.5. The van der Waals surface area contributed by atoms with Crippen LogP contribution in [0.2, 0.25) is 0 Å². The van der Waals surface area contributed by atoms with Crippen molar-refractivity contribution in [2.24, 2.45) is 5.73 Å². The summed E-state index contributed by atoms with van der Waals surface area (Å²) in [7, 11) is 4.07. The first-order chi connectivity index (χ1) is 5.42. The quantitative estimate of drug-likeness (QED) is 0.636. The van der Waals surface area contributed by atoms with E-state index in [-0.39, 0.29) is 11.6 Å². The Kier molecular flexibility index (Phi) is 4.30. The largest absolute Gasteiger partial charge is 0.326 e. The van der Waals surface area contributed by atoms with Gasteiger partial charge < -0.3 is 10.6 Å². The van der Waals surface area contributed by atoms with E-state index in [0.717, 1.165) is 12.8 Å². The lowest BCUT2D eigenvalue weighted by atomic mass is 9.90. The molecule has 0 radical (unpaired) electrons. The van der Waals surface area contributed by atoms with Crippen molar-refractivity contribution in [1.29, 1.82) is 0 Å². The third-order valence-corrected chi connectivity index (χ3v) is 2.66. The van der Waals surface area contributed by atoms with Crippen molar-refractivity contribution >= 4 is 0 Å². The van der Waals surface area contributed by atoms with E-state index in [2.05, 4.69) is 24.7 Å². The lowest BCUT2D eigenvalue weighted by molar-refractivity contribution is 0.154. The average molecular weight is 168 g/mol. The van der Waals surface area contributed by atoms with Crippen LogP contribution in [-0.2, 0) is 0 Å². The predicted molar refractivity (Wildman–Crippen MR) is 53.8 cm³/mol. The first-order valence-corrected chi connectivity index (χ1v) is 4.29. The summed E-state index contributed by atoms with van der Waals surface area (Å²) in [5, 5.41) is 0. The molecular formula is C10H20N2. The molecule has 12 heavy (non-hydrogen) atoms. The Morgan fingerprint density at radius 2 is 2.00 bits per heavy atom. The molecule has 2 nitrogen and oxygen atoms in total. The van der Waals surface area contributed by atoms with Crippen molar-refractivity contribution < 1.29 is 0 Å². The number of rotatable bonds is 4. The molecule has 0 amide bonds. The van der Waals surface area contributed by atoms with E-state index < -0.39 is 0 Å². The molecule has 0 heterocycles. The number of likely N-dealkylation sites (N-methyl/N-ethyl adjacent to an activating group) is 1. The summed E-state index contributed by atoms with van der Waals surface area (Å²) in [5.74, 6) is 2.61. The lowest BCUT2D eigenvalue weighted by Crippen LogP contribution is -2.52. The molecule has 0 spiro atoms. The van der Waals surface area contributed by atoms with Gasteiger partial charge in [0.2, 0.25) is 0 Å². The van der Waals surface area contributed by atoms with Crippen molar-refractivity contribution in [2.45, 2.75) is 38.3 Å². The van der Waals surface area contributed by atoms with Gasteiger partial charge in [-0.25, -0.2) is 0 Å². The van der Waals surface area contributed by atoms with Gasteiger partial charge in [0.25, 0.3) is 0 Å². The zero-order valence-corrected chi connectivity index (χ0v) is 8.59. The van der Waals surface area contributed by atoms with Crippen LogP contribution in [0.3, 0.4) is 0 Å². The summed E-state index contributed by atoms with van der Waals surface area (Å²) < 4.78 is 0. The topological polar surface area (TPSA) is 29.3 Å². The summed E-state index contributed by atoms with van der Waals surface area (Å²) >= 11 is 0. The van der Waals surface area contributed by atoms with Gasteiger partial charge >= 0.3 is 0 Å². The Morgan fingerprint density at radius 3 is 2.33 bits per heavy atom. The molecule has 0 aromatic carbocycles. The zero-order valence-electron chi connectivity index (χ0n) is 8.59. The van der Waals surface area contributed by atoms with E-state index >= 15 is 0 Å². The highest BCUT2D eigenvalue weighted by Crippen LogP contribution is 2.17. The van der Waals surface area contributed by atoms with Gasteiger partial charge in [0.1, 0.15) is 0 Å². The maximum absolute atomic E-state index is 6.00. The van der Waals surface area contributed by atoms with Crippen LogP contribution >= 0.6 is 0 Å². The number of nitrogens with two attached hydrogens (primary N) is 1. The van der Waals surface area contributed by atoms with Crippen LogP contribution in [0.1, 0.15) is 26.7 Å². The van der Waals surface area contributed by atoms with E-state index in [1.54, 1.807) is 0 Å². The number of nitrogens with zero attached hydrogens (tertiary/aromatic N) is 1. The van der Waals surface area contributed by atoms with Crippen molar-refractivity contribution in [2.75, 3.05) is 14.1 Å². The van der Waals surface area contributed by atoms with E-state index in [9.17, 15) is 0 Å². The molecule has 0 aromatic heterocycles. The second-order valence-electron chi connectivity index (χ2n) is 3.90. The van der Waals surface area contributed by atoms with Crippen molar-refractivity contribution in [3.63, 3.8) is 0 Å². The van der Waals surface area contributed by atoms with Gasteiger partial charge in [0, 0.05) is 18.0 Å². The van der Waals surface area contributed by atoms with Gasteiger partial charge in [-0.15, -0.1) is 12.3 Å². The van der Waals surface area contributed by atoms with Gasteiger partial charge in [-0.05, 0) is 34.4 Å². The zero-order chi connectivity index (χ0) is 9.78. The Hall–Kier alpha value is -0.520. The smallest absolute Gasteiger partial charge is 0.0298 e. The fourth-order valence-corrected chi connectivity index (χ4v) is 0.924. The highest BCUT2D eigenvalue weighted by atomic mass is 15.2. The second kappa shape index (κ2) is 4.49. The summed E-state index contributed by atoms with van der Waals surface area (Å²) in [5.41, 5.74) is 6.03. The lowest BCUT2D eigenvalue weighted by Gasteiger charge is -2.37.